The second kappa shape index (κ2) is 3.84. The summed E-state index contributed by atoms with van der Waals surface area (Å²) in [4.78, 5) is 10.8. The molecule has 0 bridgehead atoms. The zero-order valence-corrected chi connectivity index (χ0v) is 9.25. The Balaban J connectivity index is 2.58. The zero-order chi connectivity index (χ0) is 11.9. The molecule has 86 valence electrons. The molecule has 1 aromatic rings. The van der Waals surface area contributed by atoms with E-state index in [1.807, 2.05) is 0 Å². The first kappa shape index (κ1) is 11.0. The molecule has 6 heteroatoms. The first-order valence-corrected chi connectivity index (χ1v) is 4.97. The van der Waals surface area contributed by atoms with Crippen molar-refractivity contribution >= 4 is 17.6 Å². The van der Waals surface area contributed by atoms with E-state index < -0.39 is 12.0 Å². The van der Waals surface area contributed by atoms with Crippen molar-refractivity contribution in [3.05, 3.63) is 22.2 Å². The summed E-state index contributed by atoms with van der Waals surface area (Å²) >= 11 is 6.05. The van der Waals surface area contributed by atoms with Gasteiger partial charge in [-0.3, -0.25) is 4.79 Å². The molecular weight excluding hydrogens is 234 g/mol. The zero-order valence-electron chi connectivity index (χ0n) is 8.49. The average Bonchev–Trinajstić information content (AvgIpc) is 2.65. The van der Waals surface area contributed by atoms with Gasteiger partial charge in [0.25, 0.3) is 0 Å². The van der Waals surface area contributed by atoms with Gasteiger partial charge in [-0.1, -0.05) is 11.6 Å². The molecule has 0 saturated heterocycles. The van der Waals surface area contributed by atoms with Gasteiger partial charge in [-0.05, 0) is 18.6 Å². The summed E-state index contributed by atoms with van der Waals surface area (Å²) in [5.74, 6) is -0.258. The Labute approximate surface area is 96.7 Å². The number of halogens is 1. The number of aliphatic carboxylic acids is 1. The van der Waals surface area contributed by atoms with Gasteiger partial charge in [0.05, 0.1) is 5.02 Å². The minimum absolute atomic E-state index is 0.0836. The molecule has 2 rings (SSSR count). The van der Waals surface area contributed by atoms with E-state index in [4.69, 9.17) is 31.9 Å². The fourth-order valence-electron chi connectivity index (χ4n) is 1.64. The molecule has 0 aromatic heterocycles. The first-order valence-electron chi connectivity index (χ1n) is 4.59. The van der Waals surface area contributed by atoms with Crippen LogP contribution >= 0.6 is 11.6 Å². The second-order valence-corrected chi connectivity index (χ2v) is 3.85. The van der Waals surface area contributed by atoms with Gasteiger partial charge in [0.2, 0.25) is 6.79 Å². The highest BCUT2D eigenvalue weighted by Gasteiger charge is 2.27. The molecule has 16 heavy (non-hydrogen) atoms. The van der Waals surface area contributed by atoms with Crippen LogP contribution in [0.4, 0.5) is 0 Å². The number of ether oxygens (including phenoxy) is 2. The lowest BCUT2D eigenvalue weighted by Crippen LogP contribution is -2.22. The van der Waals surface area contributed by atoms with Crippen molar-refractivity contribution < 1.29 is 19.4 Å². The number of aryl methyl sites for hydroxylation is 1. The maximum absolute atomic E-state index is 10.8. The highest BCUT2D eigenvalue weighted by Crippen LogP contribution is 2.44. The topological polar surface area (TPSA) is 81.8 Å². The maximum atomic E-state index is 10.8. The van der Waals surface area contributed by atoms with Crippen molar-refractivity contribution in [1.82, 2.24) is 0 Å². The molecule has 1 heterocycles. The summed E-state index contributed by atoms with van der Waals surface area (Å²) in [5, 5.41) is 9.09. The van der Waals surface area contributed by atoms with Crippen LogP contribution in [0, 0.1) is 6.92 Å². The summed E-state index contributed by atoms with van der Waals surface area (Å²) in [5.41, 5.74) is 6.58. The van der Waals surface area contributed by atoms with Gasteiger partial charge in [0.15, 0.2) is 11.5 Å². The molecule has 1 atom stereocenters. The quantitative estimate of drug-likeness (QED) is 0.822. The molecule has 0 aliphatic carbocycles. The van der Waals surface area contributed by atoms with Crippen LogP contribution in [-0.4, -0.2) is 17.9 Å². The average molecular weight is 244 g/mol. The lowest BCUT2D eigenvalue weighted by atomic mass is 10.0. The predicted octanol–water partition coefficient (Wildman–Crippen LogP) is 1.46. The Kier molecular flexibility index (Phi) is 2.65. The number of nitrogens with two attached hydrogens (primary N) is 1. The van der Waals surface area contributed by atoms with E-state index in [1.54, 1.807) is 13.0 Å². The van der Waals surface area contributed by atoms with E-state index >= 15 is 0 Å². The Morgan fingerprint density at radius 1 is 1.62 bits per heavy atom. The van der Waals surface area contributed by atoms with Crippen molar-refractivity contribution in [3.8, 4) is 11.5 Å². The van der Waals surface area contributed by atoms with Crippen LogP contribution in [0.3, 0.4) is 0 Å². The van der Waals surface area contributed by atoms with E-state index in [9.17, 15) is 4.79 Å². The number of carboxylic acids is 1. The molecule has 0 radical (unpaired) electrons. The normalized spacial score (nSPS) is 14.9. The van der Waals surface area contributed by atoms with Crippen LogP contribution in [0.25, 0.3) is 0 Å². The van der Waals surface area contributed by atoms with Crippen molar-refractivity contribution in [2.24, 2.45) is 5.73 Å². The molecular formula is C10H10ClNO4. The smallest absolute Gasteiger partial charge is 0.325 e. The molecule has 0 amide bonds. The van der Waals surface area contributed by atoms with Gasteiger partial charge in [-0.2, -0.15) is 0 Å². The van der Waals surface area contributed by atoms with Gasteiger partial charge in [-0.15, -0.1) is 0 Å². The molecule has 0 spiro atoms. The van der Waals surface area contributed by atoms with Crippen LogP contribution in [0.15, 0.2) is 6.07 Å². The van der Waals surface area contributed by atoms with Crippen LogP contribution in [-0.2, 0) is 4.79 Å². The van der Waals surface area contributed by atoms with Gasteiger partial charge in [0, 0.05) is 5.56 Å². The Morgan fingerprint density at radius 3 is 2.94 bits per heavy atom. The Bertz CT molecular complexity index is 461. The van der Waals surface area contributed by atoms with Crippen molar-refractivity contribution in [3.63, 3.8) is 0 Å². The summed E-state index contributed by atoms with van der Waals surface area (Å²) in [6.07, 6.45) is 0. The minimum atomic E-state index is -1.16. The lowest BCUT2D eigenvalue weighted by molar-refractivity contribution is -0.138. The lowest BCUT2D eigenvalue weighted by Gasteiger charge is -2.14. The molecule has 0 saturated carbocycles. The molecule has 1 aliphatic heterocycles. The largest absolute Gasteiger partial charge is 0.480 e. The summed E-state index contributed by atoms with van der Waals surface area (Å²) in [7, 11) is 0. The van der Waals surface area contributed by atoms with Crippen LogP contribution in [0.1, 0.15) is 17.2 Å². The van der Waals surface area contributed by atoms with E-state index in [-0.39, 0.29) is 11.8 Å². The monoisotopic (exact) mass is 243 g/mol. The number of hydrogen-bond donors (Lipinski definition) is 2. The molecule has 0 fully saturated rings. The SMILES string of the molecule is Cc1cc2c(c(Cl)c1C(N)C(=O)O)OCO2. The molecule has 1 unspecified atom stereocenters. The molecule has 1 aliphatic rings. The summed E-state index contributed by atoms with van der Waals surface area (Å²) in [6.45, 7) is 1.81. The maximum Gasteiger partial charge on any atom is 0.325 e. The third-order valence-electron chi connectivity index (χ3n) is 2.43. The number of hydrogen-bond acceptors (Lipinski definition) is 4. The number of rotatable bonds is 2. The van der Waals surface area contributed by atoms with Crippen LogP contribution < -0.4 is 15.2 Å². The van der Waals surface area contributed by atoms with Crippen LogP contribution in [0.5, 0.6) is 11.5 Å². The second-order valence-electron chi connectivity index (χ2n) is 3.47. The van der Waals surface area contributed by atoms with Gasteiger partial charge >= 0.3 is 5.97 Å². The highest BCUT2D eigenvalue weighted by molar-refractivity contribution is 6.33. The highest BCUT2D eigenvalue weighted by atomic mass is 35.5. The fourth-order valence-corrected chi connectivity index (χ4v) is 2.06. The number of carboxylic acid groups (broad SMARTS) is 1. The minimum Gasteiger partial charge on any atom is -0.480 e. The molecule has 1 aromatic carbocycles. The molecule has 5 nitrogen and oxygen atoms in total. The van der Waals surface area contributed by atoms with Crippen molar-refractivity contribution in [1.29, 1.82) is 0 Å². The van der Waals surface area contributed by atoms with E-state index in [0.29, 0.717) is 22.6 Å². The fraction of sp³-hybridized carbons (Fsp3) is 0.300. The third-order valence-corrected chi connectivity index (χ3v) is 2.80. The summed E-state index contributed by atoms with van der Waals surface area (Å²) < 4.78 is 10.3. The number of fused-ring (bicyclic) bond motifs is 1. The van der Waals surface area contributed by atoms with Gasteiger partial charge in [0.1, 0.15) is 6.04 Å². The molecule has 3 N–H and O–H groups in total. The predicted molar refractivity (Wildman–Crippen MR) is 56.9 cm³/mol. The van der Waals surface area contributed by atoms with Crippen molar-refractivity contribution in [2.45, 2.75) is 13.0 Å². The van der Waals surface area contributed by atoms with Gasteiger partial charge < -0.3 is 20.3 Å². The third kappa shape index (κ3) is 1.58. The van der Waals surface area contributed by atoms with Crippen LogP contribution in [0.2, 0.25) is 5.02 Å². The standard InChI is InChI=1S/C10H10ClNO4/c1-4-2-5-9(16-3-15-5)7(11)6(4)8(12)10(13)14/h2,8H,3,12H2,1H3,(H,13,14). The Hall–Kier alpha value is -1.46. The van der Waals surface area contributed by atoms with Gasteiger partial charge in [-0.25, -0.2) is 0 Å². The van der Waals surface area contributed by atoms with E-state index in [0.717, 1.165) is 0 Å². The summed E-state index contributed by atoms with van der Waals surface area (Å²) in [6, 6.07) is 0.508. The number of benzene rings is 1. The first-order chi connectivity index (χ1) is 7.52. The Morgan fingerprint density at radius 2 is 2.31 bits per heavy atom. The van der Waals surface area contributed by atoms with E-state index in [2.05, 4.69) is 0 Å². The number of carbonyl (C=O) groups is 1. The van der Waals surface area contributed by atoms with E-state index in [1.165, 1.54) is 0 Å². The van der Waals surface area contributed by atoms with Crippen molar-refractivity contribution in [2.75, 3.05) is 6.79 Å².